The maximum absolute atomic E-state index is 12.2. The Kier molecular flexibility index (Phi) is 11.0. The van der Waals surface area contributed by atoms with Crippen LogP contribution in [0.2, 0.25) is 0 Å². The summed E-state index contributed by atoms with van der Waals surface area (Å²) >= 11 is 0. The molecule has 0 spiro atoms. The van der Waals surface area contributed by atoms with E-state index in [9.17, 15) is 24.0 Å². The van der Waals surface area contributed by atoms with Gasteiger partial charge in [0.15, 0.2) is 0 Å². The summed E-state index contributed by atoms with van der Waals surface area (Å²) in [6.45, 7) is 9.90. The highest BCUT2D eigenvalue weighted by Crippen LogP contribution is 2.08. The zero-order valence-corrected chi connectivity index (χ0v) is 19.7. The van der Waals surface area contributed by atoms with Crippen molar-refractivity contribution in [3.63, 3.8) is 0 Å². The first-order valence-corrected chi connectivity index (χ1v) is 11.0. The fourth-order valence-corrected chi connectivity index (χ4v) is 2.85. The van der Waals surface area contributed by atoms with Gasteiger partial charge in [0.05, 0.1) is 0 Å². The molecule has 1 rings (SSSR count). The van der Waals surface area contributed by atoms with Crippen molar-refractivity contribution in [1.82, 2.24) is 20.9 Å². The summed E-state index contributed by atoms with van der Waals surface area (Å²) in [6, 6.07) is -1.58. The summed E-state index contributed by atoms with van der Waals surface area (Å²) in [4.78, 5) is 60.2. The minimum absolute atomic E-state index is 0.232. The van der Waals surface area contributed by atoms with Gasteiger partial charge in [-0.2, -0.15) is 0 Å². The highest BCUT2D eigenvalue weighted by molar-refractivity contribution is 6.12. The smallest absolute Gasteiger partial charge is 0.328 e. The van der Waals surface area contributed by atoms with Crippen LogP contribution >= 0.6 is 0 Å². The van der Waals surface area contributed by atoms with Gasteiger partial charge in [-0.1, -0.05) is 6.42 Å². The third kappa shape index (κ3) is 10.5. The van der Waals surface area contributed by atoms with E-state index in [2.05, 4.69) is 16.0 Å². The predicted octanol–water partition coefficient (Wildman–Crippen LogP) is 0.413. The van der Waals surface area contributed by atoms with E-state index in [1.54, 1.807) is 27.7 Å². The van der Waals surface area contributed by atoms with E-state index < -0.39 is 29.6 Å². The van der Waals surface area contributed by atoms with Crippen LogP contribution in [0, 0.1) is 0 Å². The van der Waals surface area contributed by atoms with E-state index in [0.717, 1.165) is 12.8 Å². The maximum atomic E-state index is 12.2. The first kappa shape index (κ1) is 27.3. The van der Waals surface area contributed by atoms with Gasteiger partial charge in [0.2, 0.25) is 11.8 Å². The van der Waals surface area contributed by atoms with E-state index >= 15 is 0 Å². The van der Waals surface area contributed by atoms with Crippen LogP contribution in [0.3, 0.4) is 0 Å². The summed E-state index contributed by atoms with van der Waals surface area (Å²) in [5.74, 6) is -1.79. The molecule has 3 N–H and O–H groups in total. The van der Waals surface area contributed by atoms with Crippen LogP contribution in [0.4, 0.5) is 0 Å². The molecular weight excluding hydrogens is 416 g/mol. The number of nitrogens with zero attached hydrogens (tertiary/aromatic N) is 1. The summed E-state index contributed by atoms with van der Waals surface area (Å²) in [6.07, 6.45) is 5.15. The van der Waals surface area contributed by atoms with Gasteiger partial charge in [0, 0.05) is 31.7 Å². The Labute approximate surface area is 189 Å². The second-order valence-corrected chi connectivity index (χ2v) is 8.78. The summed E-state index contributed by atoms with van der Waals surface area (Å²) < 4.78 is 5.22. The van der Waals surface area contributed by atoms with Crippen LogP contribution in [0.1, 0.15) is 60.3 Å². The molecule has 0 aliphatic carbocycles. The minimum atomic E-state index is -0.813. The van der Waals surface area contributed by atoms with Crippen LogP contribution in [0.5, 0.6) is 0 Å². The third-order valence-electron chi connectivity index (χ3n) is 4.56. The summed E-state index contributed by atoms with van der Waals surface area (Å²) in [5.41, 5.74) is -0.644. The lowest BCUT2D eigenvalue weighted by atomic mass is 10.1. The number of carbonyl (C=O) groups is 5. The minimum Gasteiger partial charge on any atom is -0.458 e. The monoisotopic (exact) mass is 452 g/mol. The molecule has 180 valence electrons. The normalized spacial score (nSPS) is 15.5. The number of unbranched alkanes of at least 4 members (excludes halogenated alkanes) is 2. The number of hydrogen-bond acceptors (Lipinski definition) is 7. The lowest BCUT2D eigenvalue weighted by Gasteiger charge is -2.23. The SMILES string of the molecule is CC(NC(=O)CCCCCNCCN1C(=O)C=CC1=O)C(=O)NC(C)C(=O)OC(C)(C)C. The maximum Gasteiger partial charge on any atom is 0.328 e. The van der Waals surface area contributed by atoms with Gasteiger partial charge in [-0.25, -0.2) is 4.79 Å². The zero-order chi connectivity index (χ0) is 24.3. The average Bonchev–Trinajstić information content (AvgIpc) is 3.00. The van der Waals surface area contributed by atoms with Crippen molar-refractivity contribution in [2.45, 2.75) is 78.0 Å². The van der Waals surface area contributed by atoms with Gasteiger partial charge in [-0.05, 0) is 54.0 Å². The summed E-state index contributed by atoms with van der Waals surface area (Å²) in [7, 11) is 0. The lowest BCUT2D eigenvalue weighted by Crippen LogP contribution is -2.50. The van der Waals surface area contributed by atoms with Crippen molar-refractivity contribution in [1.29, 1.82) is 0 Å². The number of imide groups is 1. The number of rotatable bonds is 13. The molecule has 0 saturated carbocycles. The highest BCUT2D eigenvalue weighted by atomic mass is 16.6. The lowest BCUT2D eigenvalue weighted by molar-refractivity contribution is -0.158. The molecule has 0 radical (unpaired) electrons. The van der Waals surface area contributed by atoms with Crippen LogP contribution in [0.15, 0.2) is 12.2 Å². The second-order valence-electron chi connectivity index (χ2n) is 8.78. The Morgan fingerprint density at radius 3 is 2.16 bits per heavy atom. The molecule has 0 aromatic rings. The van der Waals surface area contributed by atoms with Crippen molar-refractivity contribution in [3.05, 3.63) is 12.2 Å². The van der Waals surface area contributed by atoms with Gasteiger partial charge in [-0.3, -0.25) is 24.1 Å². The quantitative estimate of drug-likeness (QED) is 0.209. The molecule has 10 heteroatoms. The average molecular weight is 453 g/mol. The topological polar surface area (TPSA) is 134 Å². The first-order valence-electron chi connectivity index (χ1n) is 11.0. The van der Waals surface area contributed by atoms with Crippen molar-refractivity contribution < 1.29 is 28.7 Å². The molecule has 2 unspecified atom stereocenters. The fourth-order valence-electron chi connectivity index (χ4n) is 2.85. The number of hydrogen-bond donors (Lipinski definition) is 3. The van der Waals surface area contributed by atoms with E-state index in [4.69, 9.17) is 4.74 Å². The van der Waals surface area contributed by atoms with Crippen LogP contribution in [0.25, 0.3) is 0 Å². The number of amides is 4. The molecule has 0 fully saturated rings. The zero-order valence-electron chi connectivity index (χ0n) is 19.7. The number of carbonyl (C=O) groups excluding carboxylic acids is 5. The van der Waals surface area contributed by atoms with Gasteiger partial charge >= 0.3 is 5.97 Å². The Hall–Kier alpha value is -2.75. The van der Waals surface area contributed by atoms with E-state index in [0.29, 0.717) is 32.5 Å². The molecule has 0 aromatic heterocycles. The predicted molar refractivity (Wildman–Crippen MR) is 118 cm³/mol. The van der Waals surface area contributed by atoms with Gasteiger partial charge in [0.1, 0.15) is 17.7 Å². The van der Waals surface area contributed by atoms with Crippen molar-refractivity contribution in [2.24, 2.45) is 0 Å². The molecule has 1 aliphatic rings. The Morgan fingerprint density at radius 1 is 0.938 bits per heavy atom. The third-order valence-corrected chi connectivity index (χ3v) is 4.56. The van der Waals surface area contributed by atoms with E-state index in [1.165, 1.54) is 24.0 Å². The van der Waals surface area contributed by atoms with Gasteiger partial charge < -0.3 is 20.7 Å². The van der Waals surface area contributed by atoms with Gasteiger partial charge in [0.25, 0.3) is 11.8 Å². The molecule has 4 amide bonds. The van der Waals surface area contributed by atoms with Gasteiger partial charge in [-0.15, -0.1) is 0 Å². The van der Waals surface area contributed by atoms with Crippen LogP contribution < -0.4 is 16.0 Å². The van der Waals surface area contributed by atoms with Crippen molar-refractivity contribution >= 4 is 29.6 Å². The van der Waals surface area contributed by atoms with Crippen LogP contribution in [-0.4, -0.2) is 71.8 Å². The van der Waals surface area contributed by atoms with E-state index in [-0.39, 0.29) is 17.7 Å². The Bertz CT molecular complexity index is 710. The molecule has 10 nitrogen and oxygen atoms in total. The molecule has 1 heterocycles. The summed E-state index contributed by atoms with van der Waals surface area (Å²) in [5, 5.41) is 8.34. The standard InChI is InChI=1S/C22H36N4O6/c1-15(20(30)25-16(2)21(31)32-22(3,4)5)24-17(27)9-7-6-8-12-23-13-14-26-18(28)10-11-19(26)29/h10-11,15-16,23H,6-9,12-14H2,1-5H3,(H,24,27)(H,25,30). The molecule has 1 aliphatic heterocycles. The number of esters is 1. The Morgan fingerprint density at radius 2 is 1.56 bits per heavy atom. The highest BCUT2D eigenvalue weighted by Gasteiger charge is 2.25. The largest absolute Gasteiger partial charge is 0.458 e. The first-order chi connectivity index (χ1) is 14.9. The van der Waals surface area contributed by atoms with Crippen LogP contribution in [-0.2, 0) is 28.7 Å². The molecular formula is C22H36N4O6. The molecule has 0 aromatic carbocycles. The molecule has 32 heavy (non-hydrogen) atoms. The fraction of sp³-hybridized carbons (Fsp3) is 0.682. The molecule has 0 bridgehead atoms. The Balaban J connectivity index is 2.11. The second kappa shape index (κ2) is 12.9. The molecule has 0 saturated heterocycles. The van der Waals surface area contributed by atoms with Crippen molar-refractivity contribution in [3.8, 4) is 0 Å². The number of nitrogens with one attached hydrogen (secondary N) is 3. The van der Waals surface area contributed by atoms with E-state index in [1.807, 2.05) is 0 Å². The van der Waals surface area contributed by atoms with Crippen molar-refractivity contribution in [2.75, 3.05) is 19.6 Å². The molecule has 2 atom stereocenters. The number of ether oxygens (including phenoxy) is 1.